The second-order valence-electron chi connectivity index (χ2n) is 10.4. The van der Waals surface area contributed by atoms with Gasteiger partial charge in [-0.25, -0.2) is 9.59 Å². The molecular formula is C32H37N5O6S2. The molecule has 11 nitrogen and oxygen atoms in total. The number of ether oxygens (including phenoxy) is 2. The SMILES string of the molecule is O=C(O)CCCN(C[C@H](Cc1ccccc1)NC(=O)OCc1cncs1)C[C@H](Cc1ccccc1)NC(=O)OCc1cncs1. The van der Waals surface area contributed by atoms with Gasteiger partial charge in [0.2, 0.25) is 0 Å². The summed E-state index contributed by atoms with van der Waals surface area (Å²) in [5.74, 6) is -0.883. The third kappa shape index (κ3) is 13.1. The van der Waals surface area contributed by atoms with Gasteiger partial charge in [-0.1, -0.05) is 60.7 Å². The van der Waals surface area contributed by atoms with Crippen molar-refractivity contribution in [2.75, 3.05) is 19.6 Å². The fourth-order valence-electron chi connectivity index (χ4n) is 4.77. The molecule has 2 amide bonds. The number of aromatic nitrogens is 2. The van der Waals surface area contributed by atoms with E-state index in [-0.39, 0.29) is 31.7 Å². The quantitative estimate of drug-likeness (QED) is 0.133. The second kappa shape index (κ2) is 18.5. The number of carbonyl (C=O) groups is 3. The van der Waals surface area contributed by atoms with E-state index >= 15 is 0 Å². The number of hydrogen-bond acceptors (Lipinski definition) is 10. The first-order valence-electron chi connectivity index (χ1n) is 14.6. The van der Waals surface area contributed by atoms with Crippen molar-refractivity contribution in [3.63, 3.8) is 0 Å². The largest absolute Gasteiger partial charge is 0.481 e. The van der Waals surface area contributed by atoms with Crippen molar-refractivity contribution < 1.29 is 29.0 Å². The Morgan fingerprint density at radius 1 is 0.756 bits per heavy atom. The summed E-state index contributed by atoms with van der Waals surface area (Å²) < 4.78 is 10.9. The molecule has 0 aliphatic carbocycles. The van der Waals surface area contributed by atoms with Gasteiger partial charge in [0.25, 0.3) is 0 Å². The van der Waals surface area contributed by atoms with Crippen molar-refractivity contribution in [2.24, 2.45) is 0 Å². The van der Waals surface area contributed by atoms with Crippen LogP contribution in [0.25, 0.3) is 0 Å². The maximum atomic E-state index is 12.9. The average molecular weight is 652 g/mol. The first-order valence-corrected chi connectivity index (χ1v) is 16.3. The molecule has 4 aromatic rings. The number of thiazole rings is 2. The van der Waals surface area contributed by atoms with Gasteiger partial charge >= 0.3 is 18.2 Å². The van der Waals surface area contributed by atoms with E-state index in [0.717, 1.165) is 20.9 Å². The molecule has 2 atom stereocenters. The molecule has 0 spiro atoms. The van der Waals surface area contributed by atoms with Crippen LogP contribution in [0.1, 0.15) is 33.7 Å². The number of aliphatic carboxylic acids is 1. The third-order valence-corrected chi connectivity index (χ3v) is 8.28. The normalized spacial score (nSPS) is 12.3. The van der Waals surface area contributed by atoms with E-state index in [1.54, 1.807) is 23.4 Å². The minimum atomic E-state index is -0.883. The molecule has 238 valence electrons. The molecular weight excluding hydrogens is 615 g/mol. The van der Waals surface area contributed by atoms with Gasteiger partial charge in [-0.3, -0.25) is 19.7 Å². The van der Waals surface area contributed by atoms with Crippen LogP contribution in [0.15, 0.2) is 84.1 Å². The smallest absolute Gasteiger partial charge is 0.407 e. The second-order valence-corrected chi connectivity index (χ2v) is 12.3. The van der Waals surface area contributed by atoms with E-state index in [1.807, 2.05) is 60.7 Å². The molecule has 0 radical (unpaired) electrons. The van der Waals surface area contributed by atoms with Crippen molar-refractivity contribution >= 4 is 40.8 Å². The fraction of sp³-hybridized carbons (Fsp3) is 0.344. The zero-order valence-corrected chi connectivity index (χ0v) is 26.4. The zero-order chi connectivity index (χ0) is 31.7. The van der Waals surface area contributed by atoms with Gasteiger partial charge < -0.3 is 25.2 Å². The molecule has 0 fully saturated rings. The van der Waals surface area contributed by atoms with Crippen molar-refractivity contribution in [1.29, 1.82) is 0 Å². The van der Waals surface area contributed by atoms with Gasteiger partial charge in [0.05, 0.1) is 20.8 Å². The Morgan fingerprint density at radius 3 is 1.62 bits per heavy atom. The number of amides is 2. The Morgan fingerprint density at radius 2 is 1.22 bits per heavy atom. The topological polar surface area (TPSA) is 143 Å². The highest BCUT2D eigenvalue weighted by atomic mass is 32.1. The molecule has 0 bridgehead atoms. The van der Waals surface area contributed by atoms with Crippen molar-refractivity contribution in [2.45, 2.75) is 51.0 Å². The van der Waals surface area contributed by atoms with E-state index in [1.165, 1.54) is 22.7 Å². The molecule has 2 aromatic carbocycles. The number of nitrogens with one attached hydrogen (secondary N) is 2. The lowest BCUT2D eigenvalue weighted by Crippen LogP contribution is -2.50. The summed E-state index contributed by atoms with van der Waals surface area (Å²) in [6.07, 6.45) is 3.66. The number of carboxylic acid groups (broad SMARTS) is 1. The van der Waals surface area contributed by atoms with Crippen LogP contribution in [0.2, 0.25) is 0 Å². The van der Waals surface area contributed by atoms with Crippen LogP contribution in [0.4, 0.5) is 9.59 Å². The zero-order valence-electron chi connectivity index (χ0n) is 24.7. The summed E-state index contributed by atoms with van der Waals surface area (Å²) in [4.78, 5) is 48.9. The van der Waals surface area contributed by atoms with Crippen LogP contribution in [-0.4, -0.2) is 69.8 Å². The Hall–Kier alpha value is -4.33. The molecule has 13 heteroatoms. The van der Waals surface area contributed by atoms with Crippen molar-refractivity contribution in [1.82, 2.24) is 25.5 Å². The third-order valence-electron chi connectivity index (χ3n) is 6.77. The van der Waals surface area contributed by atoms with Crippen LogP contribution in [0.5, 0.6) is 0 Å². The number of rotatable bonds is 18. The molecule has 0 saturated carbocycles. The summed E-state index contributed by atoms with van der Waals surface area (Å²) in [5, 5.41) is 15.3. The van der Waals surface area contributed by atoms with E-state index in [2.05, 4.69) is 25.5 Å². The molecule has 45 heavy (non-hydrogen) atoms. The molecule has 2 heterocycles. The Kier molecular flexibility index (Phi) is 13.8. The highest BCUT2D eigenvalue weighted by Crippen LogP contribution is 2.12. The molecule has 0 aliphatic rings. The first-order chi connectivity index (χ1) is 21.9. The Balaban J connectivity index is 1.48. The highest BCUT2D eigenvalue weighted by molar-refractivity contribution is 7.09. The lowest BCUT2D eigenvalue weighted by atomic mass is 10.0. The Labute approximate surface area is 270 Å². The van der Waals surface area contributed by atoms with Crippen molar-refractivity contribution in [3.05, 3.63) is 105 Å². The lowest BCUT2D eigenvalue weighted by Gasteiger charge is -2.31. The van der Waals surface area contributed by atoms with Gasteiger partial charge in [0.1, 0.15) is 13.2 Å². The van der Waals surface area contributed by atoms with Crippen LogP contribution >= 0.6 is 22.7 Å². The predicted octanol–water partition coefficient (Wildman–Crippen LogP) is 5.14. The molecule has 0 aliphatic heterocycles. The number of nitrogens with zero attached hydrogens (tertiary/aromatic N) is 3. The van der Waals surface area contributed by atoms with E-state index in [4.69, 9.17) is 9.47 Å². The molecule has 0 unspecified atom stereocenters. The van der Waals surface area contributed by atoms with E-state index < -0.39 is 18.2 Å². The van der Waals surface area contributed by atoms with E-state index in [9.17, 15) is 19.5 Å². The van der Waals surface area contributed by atoms with E-state index in [0.29, 0.717) is 38.9 Å². The minimum Gasteiger partial charge on any atom is -0.481 e. The van der Waals surface area contributed by atoms with Crippen LogP contribution in [-0.2, 0) is 40.3 Å². The van der Waals surface area contributed by atoms with Gasteiger partial charge in [-0.2, -0.15) is 0 Å². The maximum absolute atomic E-state index is 12.9. The summed E-state index contributed by atoms with van der Waals surface area (Å²) in [5.41, 5.74) is 5.42. The summed E-state index contributed by atoms with van der Waals surface area (Å²) in [6.45, 7) is 1.46. The molecule has 3 N–H and O–H groups in total. The molecule has 0 saturated heterocycles. The number of benzene rings is 2. The van der Waals surface area contributed by atoms with Gasteiger partial charge in [0, 0.05) is 44.0 Å². The summed E-state index contributed by atoms with van der Waals surface area (Å²) >= 11 is 2.81. The summed E-state index contributed by atoms with van der Waals surface area (Å²) in [7, 11) is 0. The highest BCUT2D eigenvalue weighted by Gasteiger charge is 2.23. The monoisotopic (exact) mass is 651 g/mol. The first kappa shape index (κ1) is 33.6. The van der Waals surface area contributed by atoms with Gasteiger partial charge in [0.15, 0.2) is 0 Å². The van der Waals surface area contributed by atoms with Gasteiger partial charge in [-0.15, -0.1) is 22.7 Å². The lowest BCUT2D eigenvalue weighted by molar-refractivity contribution is -0.137. The Bertz CT molecular complexity index is 1330. The predicted molar refractivity (Wildman–Crippen MR) is 172 cm³/mol. The average Bonchev–Trinajstić information content (AvgIpc) is 3.75. The van der Waals surface area contributed by atoms with Crippen LogP contribution in [0.3, 0.4) is 0 Å². The minimum absolute atomic E-state index is 0.00214. The van der Waals surface area contributed by atoms with Crippen LogP contribution < -0.4 is 10.6 Å². The summed E-state index contributed by atoms with van der Waals surface area (Å²) in [6, 6.07) is 18.9. The number of alkyl carbamates (subject to hydrolysis) is 2. The molecule has 4 rings (SSSR count). The van der Waals surface area contributed by atoms with Crippen molar-refractivity contribution in [3.8, 4) is 0 Å². The number of hydrogen-bond donors (Lipinski definition) is 3. The van der Waals surface area contributed by atoms with Gasteiger partial charge in [-0.05, 0) is 36.9 Å². The van der Waals surface area contributed by atoms with Crippen LogP contribution in [0, 0.1) is 0 Å². The number of carboxylic acids is 1. The standard InChI is InChI=1S/C32H37N5O6S2/c38-30(39)12-7-13-37(18-26(14-24-8-3-1-4-9-24)35-31(40)42-20-28-16-33-22-44-28)19-27(15-25-10-5-2-6-11-25)36-32(41)43-21-29-17-34-23-45-29/h1-6,8-11,16-17,22-23,26-27H,7,12-15,18-21H2,(H,35,40)(H,36,41)(H,38,39)/t26-,27-/m0/s1. The maximum Gasteiger partial charge on any atom is 0.407 e. The number of carbonyl (C=O) groups excluding carboxylic acids is 2. The fourth-order valence-corrected chi connectivity index (χ4v) is 5.78. The molecule has 2 aromatic heterocycles.